The Morgan fingerprint density at radius 3 is 2.70 bits per heavy atom. The van der Waals surface area contributed by atoms with Gasteiger partial charge in [-0.3, -0.25) is 0 Å². The largest absolute Gasteiger partial charge is 0.392 e. The Hall–Kier alpha value is -1.28. The molecule has 0 aliphatic rings. The highest BCUT2D eigenvalue weighted by Crippen LogP contribution is 2.18. The van der Waals surface area contributed by atoms with Gasteiger partial charge in [-0.1, -0.05) is 12.1 Å². The molecule has 20 heavy (non-hydrogen) atoms. The first-order valence-electron chi connectivity index (χ1n) is 6.04. The fraction of sp³-hybridized carbons (Fsp3) is 0.308. The number of nitrogens with one attached hydrogen (secondary N) is 1. The molecule has 0 atom stereocenters. The van der Waals surface area contributed by atoms with Crippen molar-refractivity contribution in [2.45, 2.75) is 31.9 Å². The first-order chi connectivity index (χ1) is 9.42. The molecule has 0 aliphatic heterocycles. The number of thiazole rings is 1. The zero-order chi connectivity index (χ0) is 14.8. The molecule has 0 bridgehead atoms. The number of hydrogen-bond donors (Lipinski definition) is 2. The van der Waals surface area contributed by atoms with Gasteiger partial charge in [-0.05, 0) is 31.0 Å². The molecule has 0 saturated heterocycles. The molecule has 2 aromatic rings. The van der Waals surface area contributed by atoms with Crippen LogP contribution in [0.1, 0.15) is 21.0 Å². The Labute approximate surface area is 122 Å². The summed E-state index contributed by atoms with van der Waals surface area (Å²) in [6.07, 6.45) is 1.67. The second-order valence-electron chi connectivity index (χ2n) is 4.43. The van der Waals surface area contributed by atoms with Gasteiger partial charge in [0.05, 0.1) is 16.5 Å². The van der Waals surface area contributed by atoms with Crippen LogP contribution in [0, 0.1) is 13.8 Å². The van der Waals surface area contributed by atoms with E-state index in [2.05, 4.69) is 9.71 Å². The van der Waals surface area contributed by atoms with Gasteiger partial charge >= 0.3 is 0 Å². The number of benzene rings is 1. The molecule has 7 heteroatoms. The lowest BCUT2D eigenvalue weighted by atomic mass is 10.2. The van der Waals surface area contributed by atoms with Gasteiger partial charge in [-0.15, -0.1) is 11.3 Å². The molecular weight excluding hydrogens is 296 g/mol. The molecule has 0 aliphatic carbocycles. The summed E-state index contributed by atoms with van der Waals surface area (Å²) in [5.74, 6) is 0. The quantitative estimate of drug-likeness (QED) is 0.881. The van der Waals surface area contributed by atoms with Crippen LogP contribution in [0.15, 0.2) is 29.3 Å². The highest BCUT2D eigenvalue weighted by molar-refractivity contribution is 7.89. The lowest BCUT2D eigenvalue weighted by Gasteiger charge is -2.09. The maximum Gasteiger partial charge on any atom is 0.241 e. The third-order valence-corrected chi connectivity index (χ3v) is 5.29. The fourth-order valence-electron chi connectivity index (χ4n) is 1.76. The number of hydrogen-bond acceptors (Lipinski definition) is 5. The molecular formula is C13H16N2O3S2. The van der Waals surface area contributed by atoms with Gasteiger partial charge in [0.1, 0.15) is 0 Å². The highest BCUT2D eigenvalue weighted by Gasteiger charge is 2.17. The average molecular weight is 312 g/mol. The summed E-state index contributed by atoms with van der Waals surface area (Å²) in [4.78, 5) is 5.15. The number of rotatable bonds is 5. The summed E-state index contributed by atoms with van der Waals surface area (Å²) in [7, 11) is -3.59. The number of sulfonamides is 1. The van der Waals surface area contributed by atoms with Crippen molar-refractivity contribution in [1.82, 2.24) is 9.71 Å². The van der Waals surface area contributed by atoms with Crippen LogP contribution in [-0.2, 0) is 23.2 Å². The minimum atomic E-state index is -3.59. The normalized spacial score (nSPS) is 11.8. The van der Waals surface area contributed by atoms with Crippen LogP contribution in [0.25, 0.3) is 0 Å². The molecule has 0 spiro atoms. The van der Waals surface area contributed by atoms with Gasteiger partial charge in [0.25, 0.3) is 0 Å². The number of nitrogens with zero attached hydrogens (tertiary/aromatic N) is 1. The van der Waals surface area contributed by atoms with Crippen molar-refractivity contribution in [2.75, 3.05) is 0 Å². The van der Waals surface area contributed by atoms with Gasteiger partial charge in [0, 0.05) is 17.6 Å². The lowest BCUT2D eigenvalue weighted by molar-refractivity contribution is 0.281. The summed E-state index contributed by atoms with van der Waals surface area (Å²) in [6, 6.07) is 4.90. The number of aryl methyl sites for hydroxylation is 2. The Morgan fingerprint density at radius 1 is 1.35 bits per heavy atom. The van der Waals surface area contributed by atoms with E-state index in [1.165, 1.54) is 17.4 Å². The van der Waals surface area contributed by atoms with E-state index in [1.807, 2.05) is 6.92 Å². The zero-order valence-corrected chi connectivity index (χ0v) is 12.9. The van der Waals surface area contributed by atoms with E-state index in [0.29, 0.717) is 11.1 Å². The number of aliphatic hydroxyl groups excluding tert-OH is 1. The minimum absolute atomic E-state index is 0.184. The van der Waals surface area contributed by atoms with Crippen LogP contribution in [0.5, 0.6) is 0 Å². The maximum absolute atomic E-state index is 12.3. The molecule has 0 amide bonds. The maximum atomic E-state index is 12.3. The predicted molar refractivity (Wildman–Crippen MR) is 78.0 cm³/mol. The molecule has 1 heterocycles. The summed E-state index contributed by atoms with van der Waals surface area (Å²) in [5, 5.41) is 10.0. The lowest BCUT2D eigenvalue weighted by Crippen LogP contribution is -2.23. The van der Waals surface area contributed by atoms with Gasteiger partial charge in [-0.2, -0.15) is 0 Å². The van der Waals surface area contributed by atoms with Gasteiger partial charge in [0.2, 0.25) is 10.0 Å². The van der Waals surface area contributed by atoms with Crippen molar-refractivity contribution in [3.8, 4) is 0 Å². The Morgan fingerprint density at radius 2 is 2.10 bits per heavy atom. The van der Waals surface area contributed by atoms with Crippen molar-refractivity contribution in [3.63, 3.8) is 0 Å². The third-order valence-electron chi connectivity index (χ3n) is 2.83. The van der Waals surface area contributed by atoms with Gasteiger partial charge < -0.3 is 5.11 Å². The predicted octanol–water partition coefficient (Wildman–Crippen LogP) is 1.73. The minimum Gasteiger partial charge on any atom is -0.392 e. The molecule has 1 aromatic heterocycles. The first-order valence-corrected chi connectivity index (χ1v) is 8.33. The first kappa shape index (κ1) is 15.1. The van der Waals surface area contributed by atoms with Crippen LogP contribution >= 0.6 is 11.3 Å². The Kier molecular flexibility index (Phi) is 4.54. The second-order valence-corrected chi connectivity index (χ2v) is 7.48. The molecule has 0 radical (unpaired) electrons. The van der Waals surface area contributed by atoms with Crippen LogP contribution < -0.4 is 4.72 Å². The molecule has 0 fully saturated rings. The molecule has 2 rings (SSSR count). The van der Waals surface area contributed by atoms with Crippen LogP contribution in [0.2, 0.25) is 0 Å². The third kappa shape index (κ3) is 3.43. The highest BCUT2D eigenvalue weighted by atomic mass is 32.2. The Bertz CT molecular complexity index is 708. The molecule has 5 nitrogen and oxygen atoms in total. The topological polar surface area (TPSA) is 79.3 Å². The molecule has 108 valence electrons. The van der Waals surface area contributed by atoms with E-state index in [0.717, 1.165) is 9.88 Å². The monoisotopic (exact) mass is 312 g/mol. The van der Waals surface area contributed by atoms with E-state index in [-0.39, 0.29) is 18.0 Å². The van der Waals surface area contributed by atoms with Crippen molar-refractivity contribution in [2.24, 2.45) is 0 Å². The fourth-order valence-corrected chi connectivity index (χ4v) is 3.89. The van der Waals surface area contributed by atoms with Gasteiger partial charge in [-0.25, -0.2) is 18.1 Å². The van der Waals surface area contributed by atoms with E-state index >= 15 is 0 Å². The van der Waals surface area contributed by atoms with E-state index in [9.17, 15) is 8.42 Å². The number of aliphatic hydroxyl groups is 1. The number of aromatic nitrogens is 1. The van der Waals surface area contributed by atoms with Crippen molar-refractivity contribution in [3.05, 3.63) is 45.4 Å². The molecule has 0 unspecified atom stereocenters. The summed E-state index contributed by atoms with van der Waals surface area (Å²) in [6.45, 7) is 3.64. The van der Waals surface area contributed by atoms with Crippen LogP contribution in [0.3, 0.4) is 0 Å². The van der Waals surface area contributed by atoms with Crippen molar-refractivity contribution < 1.29 is 13.5 Å². The molecule has 2 N–H and O–H groups in total. The van der Waals surface area contributed by atoms with E-state index in [1.54, 1.807) is 25.3 Å². The average Bonchev–Trinajstić information content (AvgIpc) is 2.83. The SMILES string of the molecule is Cc1ncc(CNS(=O)(=O)c2cc(CO)ccc2C)s1. The zero-order valence-electron chi connectivity index (χ0n) is 11.3. The molecule has 0 saturated carbocycles. The molecule has 1 aromatic carbocycles. The van der Waals surface area contributed by atoms with Gasteiger partial charge in [0.15, 0.2) is 0 Å². The summed E-state index contributed by atoms with van der Waals surface area (Å²) in [5.41, 5.74) is 1.22. The summed E-state index contributed by atoms with van der Waals surface area (Å²) < 4.78 is 27.1. The van der Waals surface area contributed by atoms with Crippen molar-refractivity contribution >= 4 is 21.4 Å². The van der Waals surface area contributed by atoms with Crippen LogP contribution in [0.4, 0.5) is 0 Å². The second kappa shape index (κ2) is 6.01. The Balaban J connectivity index is 2.21. The smallest absolute Gasteiger partial charge is 0.241 e. The van der Waals surface area contributed by atoms with Crippen molar-refractivity contribution in [1.29, 1.82) is 0 Å². The summed E-state index contributed by atoms with van der Waals surface area (Å²) >= 11 is 1.46. The van der Waals surface area contributed by atoms with E-state index < -0.39 is 10.0 Å². The van der Waals surface area contributed by atoms with Crippen LogP contribution in [-0.4, -0.2) is 18.5 Å². The standard InChI is InChI=1S/C13H16N2O3S2/c1-9-3-4-11(8-16)5-13(9)20(17,18)15-7-12-6-14-10(2)19-12/h3-6,15-16H,7-8H2,1-2H3. The van der Waals surface area contributed by atoms with E-state index in [4.69, 9.17) is 5.11 Å².